The van der Waals surface area contributed by atoms with Gasteiger partial charge in [0.25, 0.3) is 10.0 Å². The average molecular weight is 421 g/mol. The highest BCUT2D eigenvalue weighted by Gasteiger charge is 2.33. The molecule has 1 aromatic carbocycles. The van der Waals surface area contributed by atoms with Crippen molar-refractivity contribution in [2.45, 2.75) is 21.5 Å². The molecular weight excluding hydrogens is 410 g/mol. The molecule has 2 atom stereocenters. The van der Waals surface area contributed by atoms with Crippen LogP contribution in [0.1, 0.15) is 6.92 Å². The standard InChI is InChI=1S/C13H11Br2NO3S/c1-8-7-10(17)11(14)12(15)13(8)16-20(18,19)9-5-3-2-4-6-9/h2-7,11-12H,1H3/t11-,12-/m1/s1. The second-order valence-corrected chi connectivity index (χ2v) is 7.88. The molecule has 20 heavy (non-hydrogen) atoms. The number of sulfonamides is 1. The molecule has 0 aliphatic heterocycles. The number of allylic oxidation sites excluding steroid dienone is 2. The summed E-state index contributed by atoms with van der Waals surface area (Å²) in [6.07, 6.45) is 1.40. The van der Waals surface area contributed by atoms with Crippen molar-refractivity contribution >= 4 is 53.4 Å². The third kappa shape index (κ3) is 3.10. The maximum Gasteiger partial charge on any atom is 0.282 e. The van der Waals surface area contributed by atoms with Crippen molar-refractivity contribution in [3.8, 4) is 0 Å². The first-order valence-electron chi connectivity index (χ1n) is 5.73. The van der Waals surface area contributed by atoms with Crippen molar-refractivity contribution in [2.75, 3.05) is 0 Å². The van der Waals surface area contributed by atoms with Crippen LogP contribution in [0.5, 0.6) is 0 Å². The third-order valence-electron chi connectivity index (χ3n) is 2.81. The lowest BCUT2D eigenvalue weighted by atomic mass is 9.98. The van der Waals surface area contributed by atoms with E-state index in [-0.39, 0.29) is 10.7 Å². The Bertz CT molecular complexity index is 696. The fraction of sp³-hybridized carbons (Fsp3) is 0.231. The Morgan fingerprint density at radius 3 is 2.30 bits per heavy atom. The number of carbonyl (C=O) groups is 1. The van der Waals surface area contributed by atoms with Gasteiger partial charge in [0, 0.05) is 0 Å². The van der Waals surface area contributed by atoms with Gasteiger partial charge in [-0.05, 0) is 30.7 Å². The normalized spacial score (nSPS) is 25.6. The van der Waals surface area contributed by atoms with Gasteiger partial charge in [0.1, 0.15) is 0 Å². The lowest BCUT2D eigenvalue weighted by Crippen LogP contribution is -2.35. The number of rotatable bonds is 2. The smallest absolute Gasteiger partial charge is 0.282 e. The molecule has 4 nitrogen and oxygen atoms in total. The summed E-state index contributed by atoms with van der Waals surface area (Å²) in [4.78, 5) is 10.8. The van der Waals surface area contributed by atoms with E-state index in [0.717, 1.165) is 0 Å². The summed E-state index contributed by atoms with van der Waals surface area (Å²) >= 11 is 6.56. The molecule has 0 bridgehead atoms. The van der Waals surface area contributed by atoms with Gasteiger partial charge in [0.05, 0.1) is 20.3 Å². The van der Waals surface area contributed by atoms with Crippen LogP contribution >= 0.6 is 31.9 Å². The number of halogens is 2. The Morgan fingerprint density at radius 2 is 1.70 bits per heavy atom. The lowest BCUT2D eigenvalue weighted by molar-refractivity contribution is -0.113. The molecule has 0 unspecified atom stereocenters. The minimum atomic E-state index is -3.78. The summed E-state index contributed by atoms with van der Waals surface area (Å²) in [5.74, 6) is -0.111. The number of alkyl halides is 2. The molecule has 7 heteroatoms. The number of benzene rings is 1. The third-order valence-corrected chi connectivity index (χ3v) is 6.77. The summed E-state index contributed by atoms with van der Waals surface area (Å²) in [5.41, 5.74) is 0.891. The number of ketones is 1. The van der Waals surface area contributed by atoms with Gasteiger partial charge in [-0.2, -0.15) is 12.8 Å². The maximum atomic E-state index is 12.2. The van der Waals surface area contributed by atoms with Crippen LogP contribution in [0.4, 0.5) is 0 Å². The van der Waals surface area contributed by atoms with Gasteiger partial charge in [0.2, 0.25) is 0 Å². The largest absolute Gasteiger partial charge is 0.294 e. The topological polar surface area (TPSA) is 63.6 Å². The molecule has 0 heterocycles. The van der Waals surface area contributed by atoms with E-state index in [1.54, 1.807) is 25.1 Å². The fourth-order valence-corrected chi connectivity index (χ4v) is 4.13. The Hall–Kier alpha value is -0.790. The van der Waals surface area contributed by atoms with Gasteiger partial charge in [-0.3, -0.25) is 4.79 Å². The summed E-state index contributed by atoms with van der Waals surface area (Å²) in [5, 5.41) is 0. The zero-order valence-corrected chi connectivity index (χ0v) is 14.4. The number of nitrogens with zero attached hydrogens (tertiary/aromatic N) is 1. The Kier molecular flexibility index (Phi) is 4.61. The van der Waals surface area contributed by atoms with Crippen LogP contribution in [-0.2, 0) is 14.8 Å². The van der Waals surface area contributed by atoms with E-state index in [1.807, 2.05) is 0 Å². The molecule has 0 saturated heterocycles. The summed E-state index contributed by atoms with van der Waals surface area (Å²) in [7, 11) is -3.78. The number of hydrogen-bond acceptors (Lipinski definition) is 3. The van der Waals surface area contributed by atoms with Crippen molar-refractivity contribution in [1.82, 2.24) is 0 Å². The monoisotopic (exact) mass is 419 g/mol. The Balaban J connectivity index is 2.50. The van der Waals surface area contributed by atoms with Gasteiger partial charge in [-0.15, -0.1) is 0 Å². The first kappa shape index (κ1) is 15.6. The van der Waals surface area contributed by atoms with Crippen LogP contribution in [0.3, 0.4) is 0 Å². The van der Waals surface area contributed by atoms with Crippen LogP contribution in [0.15, 0.2) is 51.3 Å². The molecule has 0 saturated carbocycles. The number of hydrogen-bond donors (Lipinski definition) is 0. The second kappa shape index (κ2) is 5.91. The molecule has 106 valence electrons. The molecule has 1 aliphatic rings. The number of carbonyl (C=O) groups excluding carboxylic acids is 1. The molecule has 0 spiro atoms. The zero-order chi connectivity index (χ0) is 14.9. The van der Waals surface area contributed by atoms with Crippen LogP contribution in [0, 0.1) is 0 Å². The van der Waals surface area contributed by atoms with Gasteiger partial charge in [0.15, 0.2) is 5.78 Å². The van der Waals surface area contributed by atoms with Gasteiger partial charge < -0.3 is 0 Å². The average Bonchev–Trinajstić information content (AvgIpc) is 2.42. The molecule has 0 aromatic heterocycles. The molecular formula is C13H11Br2NO3S. The Labute approximate surface area is 134 Å². The molecule has 1 aromatic rings. The zero-order valence-electron chi connectivity index (χ0n) is 10.5. The molecule has 2 rings (SSSR count). The van der Waals surface area contributed by atoms with Gasteiger partial charge in [-0.1, -0.05) is 50.1 Å². The second-order valence-electron chi connectivity index (χ2n) is 4.30. The SMILES string of the molecule is CC1=CC(=O)[C@@H](Br)[C@@H](Br)C1=NS(=O)(=O)c1ccccc1. The van der Waals surface area contributed by atoms with Crippen molar-refractivity contribution < 1.29 is 13.2 Å². The molecule has 0 N–H and O–H groups in total. The van der Waals surface area contributed by atoms with Crippen LogP contribution in [0.25, 0.3) is 0 Å². The molecule has 0 radical (unpaired) electrons. The minimum Gasteiger partial charge on any atom is -0.294 e. The highest BCUT2D eigenvalue weighted by atomic mass is 79.9. The first-order valence-corrected chi connectivity index (χ1v) is 9.00. The summed E-state index contributed by atoms with van der Waals surface area (Å²) in [6.45, 7) is 1.67. The quantitative estimate of drug-likeness (QED) is 0.691. The van der Waals surface area contributed by atoms with Crippen molar-refractivity contribution in [3.05, 3.63) is 42.0 Å². The van der Waals surface area contributed by atoms with E-state index in [9.17, 15) is 13.2 Å². The van der Waals surface area contributed by atoms with Crippen molar-refractivity contribution in [3.63, 3.8) is 0 Å². The van der Waals surface area contributed by atoms with E-state index < -0.39 is 19.7 Å². The minimum absolute atomic E-state index is 0.111. The summed E-state index contributed by atoms with van der Waals surface area (Å²) in [6, 6.07) is 7.99. The van der Waals surface area contributed by atoms with Crippen molar-refractivity contribution in [2.24, 2.45) is 4.40 Å². The van der Waals surface area contributed by atoms with Crippen LogP contribution < -0.4 is 0 Å². The fourth-order valence-electron chi connectivity index (χ4n) is 1.76. The Morgan fingerprint density at radius 1 is 1.10 bits per heavy atom. The first-order chi connectivity index (χ1) is 9.33. The van der Waals surface area contributed by atoms with Crippen molar-refractivity contribution in [1.29, 1.82) is 0 Å². The van der Waals surface area contributed by atoms with E-state index in [0.29, 0.717) is 11.3 Å². The van der Waals surface area contributed by atoms with Gasteiger partial charge >= 0.3 is 0 Å². The van der Waals surface area contributed by atoms with Gasteiger partial charge in [-0.25, -0.2) is 0 Å². The predicted octanol–water partition coefficient (Wildman–Crippen LogP) is 2.87. The van der Waals surface area contributed by atoms with Crippen LogP contribution in [-0.4, -0.2) is 29.6 Å². The lowest BCUT2D eigenvalue weighted by Gasteiger charge is -2.22. The van der Waals surface area contributed by atoms with Crippen LogP contribution in [0.2, 0.25) is 0 Å². The van der Waals surface area contributed by atoms with E-state index in [4.69, 9.17) is 0 Å². The maximum absolute atomic E-state index is 12.2. The predicted molar refractivity (Wildman–Crippen MR) is 85.3 cm³/mol. The van der Waals surface area contributed by atoms with E-state index in [2.05, 4.69) is 36.3 Å². The highest BCUT2D eigenvalue weighted by molar-refractivity contribution is 9.12. The van der Waals surface area contributed by atoms with E-state index in [1.165, 1.54) is 18.2 Å². The summed E-state index contributed by atoms with van der Waals surface area (Å²) < 4.78 is 28.4. The van der Waals surface area contributed by atoms with E-state index >= 15 is 0 Å². The molecule has 0 fully saturated rings. The highest BCUT2D eigenvalue weighted by Crippen LogP contribution is 2.27. The molecule has 1 aliphatic carbocycles. The molecule has 0 amide bonds.